The normalized spacial score (nSPS) is 15.5. The Morgan fingerprint density at radius 2 is 1.54 bits per heavy atom. The highest BCUT2D eigenvalue weighted by molar-refractivity contribution is 5.95. The molecule has 1 aliphatic heterocycles. The van der Waals surface area contributed by atoms with Crippen LogP contribution in [-0.2, 0) is 35.2 Å². The Kier molecular flexibility index (Phi) is 20.9. The molecule has 0 aliphatic carbocycles. The number of nitrogens with two attached hydrogens (primary N) is 4. The molecule has 0 saturated carbocycles. The van der Waals surface area contributed by atoms with Crippen LogP contribution in [0.2, 0.25) is 0 Å². The summed E-state index contributed by atoms with van der Waals surface area (Å²) in [7, 11) is 2.39. The van der Waals surface area contributed by atoms with Gasteiger partial charge in [0.25, 0.3) is 0 Å². The van der Waals surface area contributed by atoms with E-state index in [2.05, 4.69) is 16.0 Å². The summed E-state index contributed by atoms with van der Waals surface area (Å²) in [4.78, 5) is 79.7. The molecule has 18 nitrogen and oxygen atoms in total. The number of carbonyl (C=O) groups excluding carboxylic acids is 6. The van der Waals surface area contributed by atoms with Crippen LogP contribution in [-0.4, -0.2) is 129 Å². The maximum Gasteiger partial charge on any atom is 0.247 e. The van der Waals surface area contributed by atoms with E-state index in [0.717, 1.165) is 12.0 Å². The van der Waals surface area contributed by atoms with Crippen molar-refractivity contribution in [1.82, 2.24) is 25.8 Å². The van der Waals surface area contributed by atoms with E-state index in [1.54, 1.807) is 43.3 Å². The first-order chi connectivity index (χ1) is 25.7. The van der Waals surface area contributed by atoms with Crippen LogP contribution in [0.1, 0.15) is 44.9 Å². The van der Waals surface area contributed by atoms with Crippen molar-refractivity contribution >= 4 is 35.4 Å². The third kappa shape index (κ3) is 14.3. The minimum atomic E-state index is -1.33. The van der Waals surface area contributed by atoms with Gasteiger partial charge in [0.1, 0.15) is 36.8 Å². The molecular weight excluding hydrogens is 702 g/mol. The van der Waals surface area contributed by atoms with E-state index in [1.165, 1.54) is 18.9 Å². The molecular formula is C36H57N9O9. The number of nitrogens with zero attached hydrogens (tertiary/aromatic N) is 2. The van der Waals surface area contributed by atoms with Gasteiger partial charge in [0.05, 0.1) is 19.6 Å². The third-order valence-corrected chi connectivity index (χ3v) is 7.65. The number of rotatable bonds is 14. The van der Waals surface area contributed by atoms with Crippen LogP contribution in [0.15, 0.2) is 36.4 Å². The number of hydrogen-bond donors (Lipinski definition) is 8. The summed E-state index contributed by atoms with van der Waals surface area (Å²) in [5.74, 6) is -3.03. The van der Waals surface area contributed by atoms with Crippen molar-refractivity contribution in [3.8, 4) is 22.6 Å². The Hall–Kier alpha value is -5.30. The van der Waals surface area contributed by atoms with Gasteiger partial charge in [-0.25, -0.2) is 0 Å². The first-order valence-corrected chi connectivity index (χ1v) is 17.5. The van der Waals surface area contributed by atoms with Crippen LogP contribution in [0.4, 0.5) is 0 Å². The number of ether oxygens (including phenoxy) is 2. The monoisotopic (exact) mass is 759 g/mol. The second-order valence-electron chi connectivity index (χ2n) is 11.9. The average molecular weight is 760 g/mol. The number of aliphatic hydroxyl groups excluding tert-OH is 1. The minimum Gasteiger partial charge on any atom is -0.492 e. The number of aliphatic hydroxyl groups is 1. The summed E-state index contributed by atoms with van der Waals surface area (Å²) in [5.41, 5.74) is 25.0. The molecule has 4 bridgehead atoms. The van der Waals surface area contributed by atoms with Gasteiger partial charge in [-0.3, -0.25) is 28.8 Å². The van der Waals surface area contributed by atoms with E-state index in [0.29, 0.717) is 33.8 Å². The summed E-state index contributed by atoms with van der Waals surface area (Å²) in [5, 5.41) is 14.5. The van der Waals surface area contributed by atoms with Crippen LogP contribution >= 0.6 is 0 Å². The van der Waals surface area contributed by atoms with Gasteiger partial charge in [-0.1, -0.05) is 26.0 Å². The highest BCUT2D eigenvalue weighted by Gasteiger charge is 2.32. The molecule has 3 atom stereocenters. The predicted octanol–water partition coefficient (Wildman–Crippen LogP) is -1.88. The molecule has 0 saturated heterocycles. The Balaban J connectivity index is 0.00000352. The number of amides is 6. The zero-order valence-corrected chi connectivity index (χ0v) is 32.0. The molecule has 54 heavy (non-hydrogen) atoms. The molecule has 300 valence electrons. The van der Waals surface area contributed by atoms with Crippen molar-refractivity contribution < 1.29 is 43.3 Å². The second kappa shape index (κ2) is 24.1. The number of hydrogen-bond acceptors (Lipinski definition) is 12. The Bertz CT molecular complexity index is 1570. The smallest absolute Gasteiger partial charge is 0.247 e. The van der Waals surface area contributed by atoms with Gasteiger partial charge in [-0.15, -0.1) is 0 Å². The number of carbonyl (C=O) groups is 6. The fraction of sp³-hybridized carbons (Fsp3) is 0.500. The Morgan fingerprint density at radius 1 is 0.963 bits per heavy atom. The van der Waals surface area contributed by atoms with E-state index >= 15 is 0 Å². The number of benzene rings is 2. The fourth-order valence-electron chi connectivity index (χ4n) is 5.28. The molecule has 18 heteroatoms. The van der Waals surface area contributed by atoms with Gasteiger partial charge in [0, 0.05) is 64.3 Å². The van der Waals surface area contributed by atoms with Gasteiger partial charge in [0.2, 0.25) is 35.4 Å². The van der Waals surface area contributed by atoms with Crippen molar-refractivity contribution in [3.63, 3.8) is 0 Å². The van der Waals surface area contributed by atoms with Crippen LogP contribution in [0.25, 0.3) is 11.1 Å². The topological polar surface area (TPSA) is 288 Å². The van der Waals surface area contributed by atoms with Crippen LogP contribution in [0, 0.1) is 0 Å². The number of fused-ring (bicyclic) bond motifs is 5. The lowest BCUT2D eigenvalue weighted by Gasteiger charge is -2.31. The molecule has 12 N–H and O–H groups in total. The van der Waals surface area contributed by atoms with Gasteiger partial charge in [-0.2, -0.15) is 0 Å². The van der Waals surface area contributed by atoms with Crippen molar-refractivity contribution in [3.05, 3.63) is 47.5 Å². The first kappa shape index (κ1) is 46.7. The minimum absolute atomic E-state index is 0.00466. The molecule has 1 aliphatic rings. The number of likely N-dealkylation sites (N-methyl/N-ethyl adjacent to an activating group) is 1. The van der Waals surface area contributed by atoms with Gasteiger partial charge >= 0.3 is 0 Å². The fourth-order valence-corrected chi connectivity index (χ4v) is 5.28. The van der Waals surface area contributed by atoms with Gasteiger partial charge in [-0.05, 0) is 42.3 Å². The van der Waals surface area contributed by atoms with E-state index in [1.807, 2.05) is 13.8 Å². The second-order valence-corrected chi connectivity index (χ2v) is 11.9. The summed E-state index contributed by atoms with van der Waals surface area (Å²) < 4.78 is 12.0. The predicted molar refractivity (Wildman–Crippen MR) is 203 cm³/mol. The summed E-state index contributed by atoms with van der Waals surface area (Å²) >= 11 is 0. The lowest BCUT2D eigenvalue weighted by atomic mass is 9.94. The average Bonchev–Trinajstić information content (AvgIpc) is 3.15. The highest BCUT2D eigenvalue weighted by atomic mass is 16.5. The van der Waals surface area contributed by atoms with Crippen molar-refractivity contribution in [2.75, 3.05) is 66.6 Å². The summed E-state index contributed by atoms with van der Waals surface area (Å²) in [6.45, 7) is 6.31. The van der Waals surface area contributed by atoms with E-state index in [9.17, 15) is 28.8 Å². The SMILES string of the molecule is CC.CC(=O)NCC(=O)N(CC(=O)N(C)C1C(=O)NCC(=O)NC(C(N)=O)Cc2ccc(OCCN)c(c2)-c2cc1ccc2OCCN)CC(C)N.CO. The summed E-state index contributed by atoms with van der Waals surface area (Å²) in [6.07, 6.45) is 0.0380. The molecule has 0 radical (unpaired) electrons. The van der Waals surface area contributed by atoms with Crippen LogP contribution in [0.5, 0.6) is 11.5 Å². The molecule has 1 heterocycles. The Labute approximate surface area is 316 Å². The van der Waals surface area contributed by atoms with Crippen LogP contribution in [0.3, 0.4) is 0 Å². The van der Waals surface area contributed by atoms with E-state index in [4.69, 9.17) is 37.5 Å². The maximum absolute atomic E-state index is 13.9. The number of nitrogens with one attached hydrogen (secondary N) is 3. The van der Waals surface area contributed by atoms with Crippen molar-refractivity contribution in [2.45, 2.75) is 52.2 Å². The van der Waals surface area contributed by atoms with Crippen LogP contribution < -0.4 is 48.4 Å². The lowest BCUT2D eigenvalue weighted by molar-refractivity contribution is -0.144. The Morgan fingerprint density at radius 3 is 2.07 bits per heavy atom. The summed E-state index contributed by atoms with van der Waals surface area (Å²) in [6, 6.07) is 7.11. The quantitative estimate of drug-likeness (QED) is 0.105. The van der Waals surface area contributed by atoms with E-state index in [-0.39, 0.29) is 45.8 Å². The molecule has 6 amide bonds. The van der Waals surface area contributed by atoms with Gasteiger partial charge < -0.3 is 63.3 Å². The van der Waals surface area contributed by atoms with E-state index < -0.39 is 66.7 Å². The van der Waals surface area contributed by atoms with Gasteiger partial charge in [0.15, 0.2) is 0 Å². The maximum atomic E-state index is 13.9. The zero-order chi connectivity index (χ0) is 41.0. The molecule has 2 aromatic carbocycles. The third-order valence-electron chi connectivity index (χ3n) is 7.65. The zero-order valence-electron chi connectivity index (χ0n) is 32.0. The number of primary amides is 1. The van der Waals surface area contributed by atoms with Crippen molar-refractivity contribution in [2.24, 2.45) is 22.9 Å². The molecule has 2 aromatic rings. The first-order valence-electron chi connectivity index (χ1n) is 17.5. The van der Waals surface area contributed by atoms with Crippen molar-refractivity contribution in [1.29, 1.82) is 0 Å². The molecule has 3 rings (SSSR count). The lowest BCUT2D eigenvalue weighted by Crippen LogP contribution is -2.52. The molecule has 0 spiro atoms. The molecule has 0 fully saturated rings. The standard InChI is InChI=1S/C33H47N9O8.C2H6.CH4O/c1-19(36)17-42(29(45)16-38-20(2)43)18-30(46)41(3)31-22-5-7-27(50-11-9-35)24(14-22)23-12-21(4-6-26(23)49-10-8-34)13-25(32(37)47)40-28(44)15-39-33(31)48;2*1-2/h4-7,12,14,19,25,31H,8-11,13,15-18,34-36H2,1-3H3,(H2,37,47)(H,38,43)(H,39,48)(H,40,44);1-2H3;2H,1H3. The molecule has 3 unspecified atom stereocenters. The molecule has 0 aromatic heterocycles. The highest BCUT2D eigenvalue weighted by Crippen LogP contribution is 2.40. The largest absolute Gasteiger partial charge is 0.492 e.